The van der Waals surface area contributed by atoms with Gasteiger partial charge in [0.05, 0.1) is 6.10 Å². The Labute approximate surface area is 173 Å². The summed E-state index contributed by atoms with van der Waals surface area (Å²) >= 11 is 3.44. The summed E-state index contributed by atoms with van der Waals surface area (Å²) in [5, 5.41) is 5.72. The second kappa shape index (κ2) is 8.66. The van der Waals surface area contributed by atoms with E-state index in [2.05, 4.69) is 50.5 Å². The molecule has 2 aliphatic heterocycles. The highest BCUT2D eigenvalue weighted by Gasteiger charge is 2.28. The summed E-state index contributed by atoms with van der Waals surface area (Å²) in [4.78, 5) is 26.1. The molecule has 1 aromatic carbocycles. The number of rotatable bonds is 6. The Morgan fingerprint density at radius 2 is 1.96 bits per heavy atom. The number of hydrogen-bond donors (Lipinski definition) is 1. The van der Waals surface area contributed by atoms with Crippen LogP contribution in [0.25, 0.3) is 10.8 Å². The Hall–Kier alpha value is -1.86. The molecule has 1 aromatic heterocycles. The van der Waals surface area contributed by atoms with Crippen LogP contribution in [0, 0.1) is 0 Å². The van der Waals surface area contributed by atoms with Crippen molar-refractivity contribution in [1.29, 1.82) is 0 Å². The smallest absolute Gasteiger partial charge is 0.249 e. The number of aromatic nitrogens is 1. The second-order valence-corrected chi connectivity index (χ2v) is 8.35. The molecule has 0 radical (unpaired) electrons. The molecule has 1 N–H and O–H groups in total. The summed E-state index contributed by atoms with van der Waals surface area (Å²) in [5.74, 6) is -0.389. The van der Waals surface area contributed by atoms with Crippen LogP contribution in [0.5, 0.6) is 0 Å². The molecule has 2 aromatic rings. The molecule has 7 heteroatoms. The fourth-order valence-corrected chi connectivity index (χ4v) is 4.39. The summed E-state index contributed by atoms with van der Waals surface area (Å²) < 4.78 is 7.93. The first-order valence-electron chi connectivity index (χ1n) is 10.0. The van der Waals surface area contributed by atoms with E-state index in [1.54, 1.807) is 0 Å². The number of benzene rings is 1. The maximum atomic E-state index is 12.2. The summed E-state index contributed by atoms with van der Waals surface area (Å²) in [6, 6.07) is 6.00. The Balaban J connectivity index is 1.49. The molecule has 2 amide bonds. The van der Waals surface area contributed by atoms with E-state index in [0.29, 0.717) is 18.9 Å². The molecule has 0 saturated carbocycles. The third-order valence-corrected chi connectivity index (χ3v) is 6.23. The number of nitrogens with zero attached hydrogens (tertiary/aromatic N) is 2. The average molecular weight is 448 g/mol. The number of fused-ring (bicyclic) bond motifs is 1. The van der Waals surface area contributed by atoms with Crippen LogP contribution in [0.3, 0.4) is 0 Å². The number of ether oxygens (including phenoxy) is 1. The predicted molar refractivity (Wildman–Crippen MR) is 113 cm³/mol. The molecule has 4 rings (SSSR count). The van der Waals surface area contributed by atoms with Crippen LogP contribution in [0.1, 0.15) is 38.1 Å². The van der Waals surface area contributed by atoms with E-state index in [4.69, 9.17) is 4.74 Å². The molecular weight excluding hydrogens is 422 g/mol. The van der Waals surface area contributed by atoms with E-state index in [-0.39, 0.29) is 17.9 Å². The average Bonchev–Trinajstić information content (AvgIpc) is 3.12. The molecule has 2 aliphatic rings. The van der Waals surface area contributed by atoms with Crippen molar-refractivity contribution in [3.8, 4) is 0 Å². The molecule has 150 valence electrons. The van der Waals surface area contributed by atoms with Crippen molar-refractivity contribution in [2.75, 3.05) is 29.9 Å². The topological polar surface area (TPSA) is 63.6 Å². The Morgan fingerprint density at radius 3 is 2.71 bits per heavy atom. The van der Waals surface area contributed by atoms with Gasteiger partial charge in [-0.3, -0.25) is 14.9 Å². The van der Waals surface area contributed by atoms with Gasteiger partial charge in [0.1, 0.15) is 6.04 Å². The van der Waals surface area contributed by atoms with E-state index in [9.17, 15) is 9.59 Å². The molecule has 1 unspecified atom stereocenters. The molecule has 3 heterocycles. The molecule has 28 heavy (non-hydrogen) atoms. The summed E-state index contributed by atoms with van der Waals surface area (Å²) in [6.45, 7) is 2.77. The van der Waals surface area contributed by atoms with Crippen molar-refractivity contribution in [3.05, 3.63) is 30.6 Å². The minimum absolute atomic E-state index is 0.181. The highest BCUT2D eigenvalue weighted by atomic mass is 79.9. The summed E-state index contributed by atoms with van der Waals surface area (Å²) in [7, 11) is 0. The van der Waals surface area contributed by atoms with Crippen molar-refractivity contribution >= 4 is 44.2 Å². The lowest BCUT2D eigenvalue weighted by atomic mass is 10.1. The van der Waals surface area contributed by atoms with Crippen molar-refractivity contribution < 1.29 is 14.3 Å². The van der Waals surface area contributed by atoms with Crippen LogP contribution in [0.4, 0.5) is 5.69 Å². The highest BCUT2D eigenvalue weighted by molar-refractivity contribution is 9.09. The number of imide groups is 1. The van der Waals surface area contributed by atoms with Crippen molar-refractivity contribution in [2.24, 2.45) is 0 Å². The fourth-order valence-electron chi connectivity index (χ4n) is 4.16. The number of anilines is 1. The van der Waals surface area contributed by atoms with Crippen LogP contribution in [0.15, 0.2) is 30.6 Å². The number of halogens is 1. The maximum Gasteiger partial charge on any atom is 0.249 e. The third-order valence-electron chi connectivity index (χ3n) is 5.67. The molecule has 1 atom stereocenters. The van der Waals surface area contributed by atoms with Crippen LogP contribution in [-0.2, 0) is 14.3 Å². The molecule has 0 spiro atoms. The number of nitrogens with one attached hydrogen (secondary N) is 1. The lowest BCUT2D eigenvalue weighted by Gasteiger charge is -2.34. The Kier molecular flexibility index (Phi) is 6.01. The van der Waals surface area contributed by atoms with Crippen LogP contribution < -0.4 is 10.2 Å². The highest BCUT2D eigenvalue weighted by Crippen LogP contribution is 2.32. The van der Waals surface area contributed by atoms with Crippen molar-refractivity contribution in [1.82, 2.24) is 9.88 Å². The first kappa shape index (κ1) is 19.5. The molecule has 0 bridgehead atoms. The zero-order valence-corrected chi connectivity index (χ0v) is 17.5. The maximum absolute atomic E-state index is 12.2. The van der Waals surface area contributed by atoms with Gasteiger partial charge in [-0.1, -0.05) is 28.1 Å². The minimum Gasteiger partial charge on any atom is -0.378 e. The van der Waals surface area contributed by atoms with Gasteiger partial charge in [0.2, 0.25) is 11.8 Å². The molecular formula is C21H26BrN3O3. The van der Waals surface area contributed by atoms with Crippen LogP contribution in [-0.4, -0.2) is 47.5 Å². The van der Waals surface area contributed by atoms with Crippen LogP contribution in [0.2, 0.25) is 0 Å². The molecule has 6 nitrogen and oxygen atoms in total. The van der Waals surface area contributed by atoms with E-state index in [1.807, 2.05) is 10.8 Å². The number of alkyl halides is 1. The van der Waals surface area contributed by atoms with Gasteiger partial charge in [0, 0.05) is 60.3 Å². The quantitative estimate of drug-likeness (QED) is 0.418. The zero-order chi connectivity index (χ0) is 19.5. The van der Waals surface area contributed by atoms with Crippen LogP contribution >= 0.6 is 15.9 Å². The van der Waals surface area contributed by atoms with E-state index in [0.717, 1.165) is 55.1 Å². The number of amides is 2. The predicted octanol–water partition coefficient (Wildman–Crippen LogP) is 3.39. The monoisotopic (exact) mass is 447 g/mol. The summed E-state index contributed by atoms with van der Waals surface area (Å²) in [5.41, 5.74) is 1.21. The lowest BCUT2D eigenvalue weighted by Crippen LogP contribution is -2.41. The molecule has 0 aliphatic carbocycles. The second-order valence-electron chi connectivity index (χ2n) is 7.55. The largest absolute Gasteiger partial charge is 0.378 e. The van der Waals surface area contributed by atoms with Gasteiger partial charge in [0.25, 0.3) is 0 Å². The number of hydrogen-bond acceptors (Lipinski definition) is 4. The van der Waals surface area contributed by atoms with Gasteiger partial charge in [-0.15, -0.1) is 0 Å². The first-order chi connectivity index (χ1) is 13.7. The number of piperidine rings is 2. The van der Waals surface area contributed by atoms with Gasteiger partial charge >= 0.3 is 0 Å². The SMILES string of the molecule is O=C1CCC(n2cc3cccc(N4CCC(OCCCBr)CC4)c3c2)C(=O)N1. The van der Waals surface area contributed by atoms with Gasteiger partial charge in [0.15, 0.2) is 0 Å². The Morgan fingerprint density at radius 1 is 1.14 bits per heavy atom. The van der Waals surface area contributed by atoms with Gasteiger partial charge in [-0.05, 0) is 31.7 Å². The van der Waals surface area contributed by atoms with Gasteiger partial charge < -0.3 is 14.2 Å². The number of carbonyl (C=O) groups excluding carboxylic acids is 2. The standard InChI is InChI=1S/C21H26BrN3O3/c22-9-2-12-28-16-7-10-24(11-8-16)18-4-1-3-15-13-25(14-17(15)18)19-5-6-20(26)23-21(19)27/h1,3-4,13-14,16,19H,2,5-12H2,(H,23,26,27). The summed E-state index contributed by atoms with van der Waals surface area (Å²) in [6.07, 6.45) is 8.49. The molecule has 2 fully saturated rings. The fraction of sp³-hybridized carbons (Fsp3) is 0.524. The van der Waals surface area contributed by atoms with Crippen molar-refractivity contribution in [3.63, 3.8) is 0 Å². The van der Waals surface area contributed by atoms with Gasteiger partial charge in [-0.2, -0.15) is 0 Å². The lowest BCUT2D eigenvalue weighted by molar-refractivity contribution is -0.135. The van der Waals surface area contributed by atoms with E-state index in [1.165, 1.54) is 5.69 Å². The normalized spacial score (nSPS) is 21.3. The third kappa shape index (κ3) is 4.10. The minimum atomic E-state index is -0.313. The zero-order valence-electron chi connectivity index (χ0n) is 15.9. The van der Waals surface area contributed by atoms with E-state index >= 15 is 0 Å². The molecule has 2 saturated heterocycles. The van der Waals surface area contributed by atoms with Gasteiger partial charge in [-0.25, -0.2) is 0 Å². The Bertz CT molecular complexity index is 858. The number of carbonyl (C=O) groups is 2. The van der Waals surface area contributed by atoms with Crippen molar-refractivity contribution in [2.45, 2.75) is 44.2 Å². The first-order valence-corrected chi connectivity index (χ1v) is 11.1. The van der Waals surface area contributed by atoms with E-state index < -0.39 is 0 Å².